The van der Waals surface area contributed by atoms with E-state index in [0.717, 1.165) is 17.0 Å². The molecule has 1 amide bonds. The Labute approximate surface area is 146 Å². The molecule has 0 aliphatic carbocycles. The summed E-state index contributed by atoms with van der Waals surface area (Å²) in [7, 11) is 1.77. The lowest BCUT2D eigenvalue weighted by Crippen LogP contribution is -2.13. The molecule has 130 valence electrons. The maximum Gasteiger partial charge on any atom is 0.292 e. The van der Waals surface area contributed by atoms with Crippen LogP contribution in [0.3, 0.4) is 0 Å². The van der Waals surface area contributed by atoms with Crippen LogP contribution in [0.15, 0.2) is 40.8 Å². The molecule has 2 heterocycles. The number of benzene rings is 1. The summed E-state index contributed by atoms with van der Waals surface area (Å²) >= 11 is 0. The molecular weight excluding hydrogens is 318 g/mol. The van der Waals surface area contributed by atoms with Crippen LogP contribution in [0.1, 0.15) is 33.1 Å². The first kappa shape index (κ1) is 16.8. The van der Waals surface area contributed by atoms with Gasteiger partial charge in [-0.05, 0) is 44.5 Å². The molecule has 0 saturated carbocycles. The van der Waals surface area contributed by atoms with Gasteiger partial charge in [0.2, 0.25) is 0 Å². The fourth-order valence-electron chi connectivity index (χ4n) is 2.59. The third kappa shape index (κ3) is 3.91. The Bertz CT molecular complexity index is 909. The smallest absolute Gasteiger partial charge is 0.292 e. The number of nitrogens with zero attached hydrogens (tertiary/aromatic N) is 2. The molecule has 0 saturated heterocycles. The molecule has 1 aromatic carbocycles. The summed E-state index contributed by atoms with van der Waals surface area (Å²) in [5, 5.41) is 6.97. The minimum absolute atomic E-state index is 0.234. The van der Waals surface area contributed by atoms with Crippen molar-refractivity contribution >= 4 is 11.7 Å². The van der Waals surface area contributed by atoms with Crippen LogP contribution in [-0.4, -0.2) is 15.7 Å². The SMILES string of the molecule is Cc1ccc(OCc2ccc(C(=O)Nc3cc(C)nn3C)o2)c(C)c1. The van der Waals surface area contributed by atoms with Gasteiger partial charge in [0.15, 0.2) is 5.76 Å². The highest BCUT2D eigenvalue weighted by molar-refractivity contribution is 6.01. The average Bonchev–Trinajstić information content (AvgIpc) is 3.13. The Balaban J connectivity index is 1.63. The average molecular weight is 339 g/mol. The summed E-state index contributed by atoms with van der Waals surface area (Å²) in [4.78, 5) is 12.3. The highest BCUT2D eigenvalue weighted by atomic mass is 16.5. The number of aryl methyl sites for hydroxylation is 4. The second-order valence-electron chi connectivity index (χ2n) is 6.07. The molecular formula is C19H21N3O3. The van der Waals surface area contributed by atoms with Crippen molar-refractivity contribution in [2.24, 2.45) is 7.05 Å². The van der Waals surface area contributed by atoms with Gasteiger partial charge in [-0.25, -0.2) is 0 Å². The number of anilines is 1. The number of rotatable bonds is 5. The third-order valence-corrected chi connectivity index (χ3v) is 3.83. The van der Waals surface area contributed by atoms with Crippen LogP contribution < -0.4 is 10.1 Å². The van der Waals surface area contributed by atoms with Crippen LogP contribution >= 0.6 is 0 Å². The molecule has 0 unspecified atom stereocenters. The predicted octanol–water partition coefficient (Wildman–Crippen LogP) is 3.77. The number of carbonyl (C=O) groups excluding carboxylic acids is 1. The van der Waals surface area contributed by atoms with E-state index in [1.165, 1.54) is 5.56 Å². The number of hydrogen-bond acceptors (Lipinski definition) is 4. The van der Waals surface area contributed by atoms with Crippen molar-refractivity contribution in [2.75, 3.05) is 5.32 Å². The van der Waals surface area contributed by atoms with Crippen molar-refractivity contribution < 1.29 is 13.9 Å². The zero-order valence-electron chi connectivity index (χ0n) is 14.8. The van der Waals surface area contributed by atoms with Crippen LogP contribution in [0.2, 0.25) is 0 Å². The van der Waals surface area contributed by atoms with Crippen molar-refractivity contribution in [2.45, 2.75) is 27.4 Å². The van der Waals surface area contributed by atoms with E-state index >= 15 is 0 Å². The second kappa shape index (κ2) is 6.84. The van der Waals surface area contributed by atoms with Gasteiger partial charge in [0, 0.05) is 13.1 Å². The van der Waals surface area contributed by atoms with E-state index in [1.807, 2.05) is 32.9 Å². The molecule has 0 bridgehead atoms. The van der Waals surface area contributed by atoms with E-state index in [2.05, 4.69) is 16.5 Å². The van der Waals surface area contributed by atoms with Gasteiger partial charge in [-0.1, -0.05) is 17.7 Å². The summed E-state index contributed by atoms with van der Waals surface area (Å²) in [6, 6.07) is 11.2. The monoisotopic (exact) mass is 339 g/mol. The van der Waals surface area contributed by atoms with Crippen molar-refractivity contribution in [3.05, 3.63) is 64.7 Å². The normalized spacial score (nSPS) is 10.7. The number of amides is 1. The lowest BCUT2D eigenvalue weighted by molar-refractivity contribution is 0.0991. The first-order chi connectivity index (χ1) is 11.9. The number of hydrogen-bond donors (Lipinski definition) is 1. The Hall–Kier alpha value is -3.02. The number of ether oxygens (including phenoxy) is 1. The van der Waals surface area contributed by atoms with Gasteiger partial charge >= 0.3 is 0 Å². The van der Waals surface area contributed by atoms with Gasteiger partial charge in [-0.15, -0.1) is 0 Å². The molecule has 0 fully saturated rings. The van der Waals surface area contributed by atoms with Crippen LogP contribution in [0.4, 0.5) is 5.82 Å². The van der Waals surface area contributed by atoms with E-state index in [0.29, 0.717) is 11.6 Å². The first-order valence-electron chi connectivity index (χ1n) is 8.03. The highest BCUT2D eigenvalue weighted by Gasteiger charge is 2.14. The Morgan fingerprint density at radius 3 is 2.68 bits per heavy atom. The van der Waals surface area contributed by atoms with Gasteiger partial charge in [0.05, 0.1) is 5.69 Å². The van der Waals surface area contributed by atoms with Crippen LogP contribution in [0.5, 0.6) is 5.75 Å². The molecule has 0 atom stereocenters. The minimum atomic E-state index is -0.319. The number of furan rings is 1. The summed E-state index contributed by atoms with van der Waals surface area (Å²) in [5.74, 6) is 1.93. The minimum Gasteiger partial charge on any atom is -0.485 e. The second-order valence-corrected chi connectivity index (χ2v) is 6.07. The number of nitrogens with one attached hydrogen (secondary N) is 1. The molecule has 6 nitrogen and oxygen atoms in total. The van der Waals surface area contributed by atoms with E-state index in [9.17, 15) is 4.79 Å². The summed E-state index contributed by atoms with van der Waals surface area (Å²) in [5.41, 5.74) is 3.09. The van der Waals surface area contributed by atoms with E-state index in [4.69, 9.17) is 9.15 Å². The number of carbonyl (C=O) groups is 1. The van der Waals surface area contributed by atoms with E-state index < -0.39 is 0 Å². The first-order valence-corrected chi connectivity index (χ1v) is 8.03. The largest absolute Gasteiger partial charge is 0.485 e. The molecule has 0 aliphatic rings. The Morgan fingerprint density at radius 1 is 1.20 bits per heavy atom. The molecule has 2 aromatic heterocycles. The van der Waals surface area contributed by atoms with Crippen molar-refractivity contribution in [3.8, 4) is 5.75 Å². The zero-order chi connectivity index (χ0) is 18.0. The van der Waals surface area contributed by atoms with Gasteiger partial charge in [0.1, 0.15) is 23.9 Å². The van der Waals surface area contributed by atoms with Crippen LogP contribution in [0, 0.1) is 20.8 Å². The van der Waals surface area contributed by atoms with Gasteiger partial charge in [-0.3, -0.25) is 9.48 Å². The number of aromatic nitrogens is 2. The lowest BCUT2D eigenvalue weighted by atomic mass is 10.1. The fraction of sp³-hybridized carbons (Fsp3) is 0.263. The molecule has 0 spiro atoms. The third-order valence-electron chi connectivity index (χ3n) is 3.83. The highest BCUT2D eigenvalue weighted by Crippen LogP contribution is 2.21. The van der Waals surface area contributed by atoms with Crippen LogP contribution in [0.25, 0.3) is 0 Å². The summed E-state index contributed by atoms with van der Waals surface area (Å²) in [6.07, 6.45) is 0. The molecule has 3 aromatic rings. The van der Waals surface area contributed by atoms with Crippen molar-refractivity contribution in [1.82, 2.24) is 9.78 Å². The molecule has 6 heteroatoms. The van der Waals surface area contributed by atoms with Gasteiger partial charge in [0.25, 0.3) is 5.91 Å². The standard InChI is InChI=1S/C19H21N3O3/c1-12-5-7-16(13(2)9-12)24-11-15-6-8-17(25-15)19(23)20-18-10-14(3)21-22(18)4/h5-10H,11H2,1-4H3,(H,20,23). The predicted molar refractivity (Wildman–Crippen MR) is 94.9 cm³/mol. The lowest BCUT2D eigenvalue weighted by Gasteiger charge is -2.08. The Morgan fingerprint density at radius 2 is 2.00 bits per heavy atom. The van der Waals surface area contributed by atoms with Crippen LogP contribution in [-0.2, 0) is 13.7 Å². The van der Waals surface area contributed by atoms with E-state index in [1.54, 1.807) is 29.9 Å². The fourth-order valence-corrected chi connectivity index (χ4v) is 2.59. The molecule has 3 rings (SSSR count). The molecule has 0 aliphatic heterocycles. The van der Waals surface area contributed by atoms with Crippen molar-refractivity contribution in [1.29, 1.82) is 0 Å². The maximum absolute atomic E-state index is 12.3. The topological polar surface area (TPSA) is 69.3 Å². The molecule has 1 N–H and O–H groups in total. The zero-order valence-corrected chi connectivity index (χ0v) is 14.8. The van der Waals surface area contributed by atoms with Gasteiger partial charge < -0.3 is 14.5 Å². The molecule has 0 radical (unpaired) electrons. The molecule has 25 heavy (non-hydrogen) atoms. The summed E-state index contributed by atoms with van der Waals surface area (Å²) in [6.45, 7) is 6.17. The maximum atomic E-state index is 12.3. The van der Waals surface area contributed by atoms with E-state index in [-0.39, 0.29) is 18.3 Å². The quantitative estimate of drug-likeness (QED) is 0.768. The summed E-state index contributed by atoms with van der Waals surface area (Å²) < 4.78 is 13.0. The Kier molecular flexibility index (Phi) is 4.61. The van der Waals surface area contributed by atoms with Crippen molar-refractivity contribution in [3.63, 3.8) is 0 Å². The van der Waals surface area contributed by atoms with Gasteiger partial charge in [-0.2, -0.15) is 5.10 Å².